The lowest BCUT2D eigenvalue weighted by molar-refractivity contribution is -0.152. The smallest absolute Gasteiger partial charge is 0.324 e. The van der Waals surface area contributed by atoms with Crippen molar-refractivity contribution in [1.29, 1.82) is 0 Å². The van der Waals surface area contributed by atoms with Crippen LogP contribution in [0.25, 0.3) is 0 Å². The van der Waals surface area contributed by atoms with Gasteiger partial charge in [0.1, 0.15) is 5.54 Å². The van der Waals surface area contributed by atoms with E-state index in [4.69, 9.17) is 4.74 Å². The Morgan fingerprint density at radius 3 is 2.61 bits per heavy atom. The van der Waals surface area contributed by atoms with Gasteiger partial charge in [0.05, 0.1) is 5.60 Å². The van der Waals surface area contributed by atoms with E-state index in [0.717, 1.165) is 25.8 Å². The lowest BCUT2D eigenvalue weighted by atomic mass is 9.90. The van der Waals surface area contributed by atoms with Crippen molar-refractivity contribution in [3.8, 4) is 0 Å². The average molecular weight is 257 g/mol. The molecule has 0 spiro atoms. The second-order valence-corrected chi connectivity index (χ2v) is 6.00. The number of carboxylic acid groups (broad SMARTS) is 1. The molecular weight excluding hydrogens is 230 g/mol. The van der Waals surface area contributed by atoms with E-state index in [1.54, 1.807) is 7.11 Å². The molecule has 1 fully saturated rings. The van der Waals surface area contributed by atoms with E-state index in [9.17, 15) is 9.90 Å². The highest BCUT2D eigenvalue weighted by atomic mass is 16.5. The average Bonchev–Trinajstić information content (AvgIpc) is 2.73. The van der Waals surface area contributed by atoms with E-state index in [0.29, 0.717) is 6.42 Å². The largest absolute Gasteiger partial charge is 0.480 e. The quantitative estimate of drug-likeness (QED) is 0.794. The molecule has 1 rings (SSSR count). The van der Waals surface area contributed by atoms with Crippen LogP contribution in [0.3, 0.4) is 0 Å². The van der Waals surface area contributed by atoms with Gasteiger partial charge in [-0.1, -0.05) is 6.92 Å². The number of hydrogen-bond donors (Lipinski definition) is 1. The van der Waals surface area contributed by atoms with Crippen LogP contribution in [0.5, 0.6) is 0 Å². The minimum atomic E-state index is -0.676. The number of carbonyl (C=O) groups is 1. The van der Waals surface area contributed by atoms with Gasteiger partial charge in [0.25, 0.3) is 0 Å². The molecule has 0 aromatic carbocycles. The lowest BCUT2D eigenvalue weighted by Crippen LogP contribution is -2.54. The normalized spacial score (nSPS) is 27.4. The molecule has 0 aromatic heterocycles. The van der Waals surface area contributed by atoms with Crippen molar-refractivity contribution in [3.63, 3.8) is 0 Å². The van der Waals surface area contributed by atoms with E-state index in [2.05, 4.69) is 11.8 Å². The van der Waals surface area contributed by atoms with Gasteiger partial charge in [-0.05, 0) is 53.0 Å². The number of hydrogen-bond acceptors (Lipinski definition) is 3. The maximum absolute atomic E-state index is 11.6. The Bertz CT molecular complexity index is 303. The maximum atomic E-state index is 11.6. The van der Waals surface area contributed by atoms with E-state index < -0.39 is 11.5 Å². The highest BCUT2D eigenvalue weighted by molar-refractivity contribution is 5.79. The van der Waals surface area contributed by atoms with Gasteiger partial charge in [-0.15, -0.1) is 0 Å². The first kappa shape index (κ1) is 15.4. The predicted molar refractivity (Wildman–Crippen MR) is 71.8 cm³/mol. The summed E-state index contributed by atoms with van der Waals surface area (Å²) in [5, 5.41) is 9.57. The molecule has 0 aliphatic carbocycles. The zero-order valence-corrected chi connectivity index (χ0v) is 12.3. The van der Waals surface area contributed by atoms with Crippen LogP contribution in [0, 0.1) is 0 Å². The van der Waals surface area contributed by atoms with Crippen molar-refractivity contribution >= 4 is 5.97 Å². The van der Waals surface area contributed by atoms with Gasteiger partial charge in [0, 0.05) is 13.2 Å². The van der Waals surface area contributed by atoms with Crippen LogP contribution >= 0.6 is 0 Å². The molecule has 18 heavy (non-hydrogen) atoms. The minimum Gasteiger partial charge on any atom is -0.480 e. The highest BCUT2D eigenvalue weighted by Crippen LogP contribution is 2.36. The number of likely N-dealkylation sites (tertiary alicyclic amines) is 1. The molecule has 0 aromatic rings. The van der Waals surface area contributed by atoms with Gasteiger partial charge in [-0.2, -0.15) is 0 Å². The zero-order chi connectivity index (χ0) is 14.0. The Morgan fingerprint density at radius 2 is 2.17 bits per heavy atom. The van der Waals surface area contributed by atoms with Gasteiger partial charge >= 0.3 is 5.97 Å². The topological polar surface area (TPSA) is 49.8 Å². The van der Waals surface area contributed by atoms with Crippen molar-refractivity contribution in [1.82, 2.24) is 4.90 Å². The Morgan fingerprint density at radius 1 is 1.56 bits per heavy atom. The van der Waals surface area contributed by atoms with Crippen LogP contribution in [0.2, 0.25) is 0 Å². The number of methoxy groups -OCH3 is 1. The van der Waals surface area contributed by atoms with Crippen molar-refractivity contribution in [2.45, 2.75) is 70.6 Å². The van der Waals surface area contributed by atoms with E-state index in [1.165, 1.54) is 0 Å². The Balaban J connectivity index is 2.84. The molecule has 2 atom stereocenters. The summed E-state index contributed by atoms with van der Waals surface area (Å²) in [6.45, 7) is 9.06. The second-order valence-electron chi connectivity index (χ2n) is 6.00. The number of ether oxygens (including phenoxy) is 1. The van der Waals surface area contributed by atoms with Crippen LogP contribution < -0.4 is 0 Å². The molecule has 0 bridgehead atoms. The van der Waals surface area contributed by atoms with E-state index in [-0.39, 0.29) is 11.6 Å². The Labute approximate surface area is 110 Å². The van der Waals surface area contributed by atoms with Gasteiger partial charge in [-0.25, -0.2) is 0 Å². The highest BCUT2D eigenvalue weighted by Gasteiger charge is 2.48. The summed E-state index contributed by atoms with van der Waals surface area (Å²) in [6.07, 6.45) is 3.24. The summed E-state index contributed by atoms with van der Waals surface area (Å²) in [7, 11) is 1.71. The third-order valence-corrected chi connectivity index (χ3v) is 4.39. The molecule has 1 N–H and O–H groups in total. The predicted octanol–water partition coefficient (Wildman–Crippen LogP) is 2.52. The first-order valence-electron chi connectivity index (χ1n) is 6.84. The Hall–Kier alpha value is -0.610. The van der Waals surface area contributed by atoms with Crippen LogP contribution in [0.15, 0.2) is 0 Å². The fourth-order valence-corrected chi connectivity index (χ4v) is 3.21. The fraction of sp³-hybridized carbons (Fsp3) is 0.929. The molecule has 4 nitrogen and oxygen atoms in total. The molecular formula is C14H27NO3. The SMILES string of the molecule is CCC1(C(=O)O)CCCN1C(C)CC(C)(C)OC. The third kappa shape index (κ3) is 2.86. The Kier molecular flexibility index (Phi) is 4.78. The summed E-state index contributed by atoms with van der Waals surface area (Å²) in [5.74, 6) is -0.676. The third-order valence-electron chi connectivity index (χ3n) is 4.39. The van der Waals surface area contributed by atoms with E-state index in [1.807, 2.05) is 20.8 Å². The van der Waals surface area contributed by atoms with Crippen molar-refractivity contribution < 1.29 is 14.6 Å². The monoisotopic (exact) mass is 257 g/mol. The molecule has 0 radical (unpaired) electrons. The molecule has 2 unspecified atom stereocenters. The maximum Gasteiger partial charge on any atom is 0.324 e. The van der Waals surface area contributed by atoms with Crippen LogP contribution in [0.4, 0.5) is 0 Å². The van der Waals surface area contributed by atoms with E-state index >= 15 is 0 Å². The molecule has 106 valence electrons. The lowest BCUT2D eigenvalue weighted by Gasteiger charge is -2.40. The minimum absolute atomic E-state index is 0.208. The number of rotatable bonds is 6. The molecule has 1 saturated heterocycles. The van der Waals surface area contributed by atoms with Gasteiger partial charge in [-0.3, -0.25) is 9.69 Å². The molecule has 4 heteroatoms. The standard InChI is InChI=1S/C14H27NO3/c1-6-14(12(16)17)8-7-9-15(14)11(2)10-13(3,4)18-5/h11H,6-10H2,1-5H3,(H,16,17). The first-order chi connectivity index (χ1) is 8.29. The van der Waals surface area contributed by atoms with Gasteiger partial charge in [0.15, 0.2) is 0 Å². The molecule has 1 heterocycles. The zero-order valence-electron chi connectivity index (χ0n) is 12.3. The van der Waals surface area contributed by atoms with Crippen molar-refractivity contribution in [3.05, 3.63) is 0 Å². The summed E-state index contributed by atoms with van der Waals surface area (Å²) in [4.78, 5) is 13.8. The number of carboxylic acids is 1. The van der Waals surface area contributed by atoms with Crippen LogP contribution in [-0.2, 0) is 9.53 Å². The van der Waals surface area contributed by atoms with Crippen molar-refractivity contribution in [2.75, 3.05) is 13.7 Å². The van der Waals surface area contributed by atoms with Crippen LogP contribution in [-0.4, -0.2) is 46.8 Å². The second kappa shape index (κ2) is 5.57. The summed E-state index contributed by atoms with van der Waals surface area (Å²) in [5.41, 5.74) is -0.872. The number of nitrogens with zero attached hydrogens (tertiary/aromatic N) is 1. The molecule has 0 amide bonds. The first-order valence-corrected chi connectivity index (χ1v) is 6.84. The molecule has 0 saturated carbocycles. The number of aliphatic carboxylic acids is 1. The summed E-state index contributed by atoms with van der Waals surface area (Å²) < 4.78 is 5.46. The fourth-order valence-electron chi connectivity index (χ4n) is 3.21. The summed E-state index contributed by atoms with van der Waals surface area (Å²) in [6, 6.07) is 0.221. The van der Waals surface area contributed by atoms with Crippen molar-refractivity contribution in [2.24, 2.45) is 0 Å². The van der Waals surface area contributed by atoms with Crippen LogP contribution in [0.1, 0.15) is 53.4 Å². The van der Waals surface area contributed by atoms with Gasteiger partial charge in [0.2, 0.25) is 0 Å². The van der Waals surface area contributed by atoms with Gasteiger partial charge < -0.3 is 9.84 Å². The summed E-state index contributed by atoms with van der Waals surface area (Å²) >= 11 is 0. The molecule has 1 aliphatic rings. The molecule has 1 aliphatic heterocycles.